The summed E-state index contributed by atoms with van der Waals surface area (Å²) in [6.07, 6.45) is 2.30. The number of methoxy groups -OCH3 is 1. The standard InChI is InChI=1S/C11H16N2O3/c1-8(14)9-6-10(13-7-9)11(15)12-4-3-5-16-2/h6-7,13H,3-5H2,1-2H3,(H,12,15). The third-order valence-corrected chi connectivity index (χ3v) is 2.14. The highest BCUT2D eigenvalue weighted by atomic mass is 16.5. The van der Waals surface area contributed by atoms with Crippen LogP contribution in [0.4, 0.5) is 0 Å². The van der Waals surface area contributed by atoms with Crippen molar-refractivity contribution >= 4 is 11.7 Å². The minimum absolute atomic E-state index is 0.0605. The van der Waals surface area contributed by atoms with Crippen molar-refractivity contribution in [3.63, 3.8) is 0 Å². The number of H-pyrrole nitrogens is 1. The zero-order valence-electron chi connectivity index (χ0n) is 9.50. The molecule has 16 heavy (non-hydrogen) atoms. The Morgan fingerprint density at radius 1 is 1.50 bits per heavy atom. The van der Waals surface area contributed by atoms with Crippen LogP contribution in [0.25, 0.3) is 0 Å². The normalized spacial score (nSPS) is 10.1. The second kappa shape index (κ2) is 6.07. The molecule has 0 aliphatic carbocycles. The van der Waals surface area contributed by atoms with Gasteiger partial charge in [0.05, 0.1) is 0 Å². The van der Waals surface area contributed by atoms with E-state index in [1.165, 1.54) is 13.1 Å². The van der Waals surface area contributed by atoms with Crippen LogP contribution in [0.5, 0.6) is 0 Å². The van der Waals surface area contributed by atoms with Gasteiger partial charge < -0.3 is 15.0 Å². The van der Waals surface area contributed by atoms with E-state index in [0.717, 1.165) is 6.42 Å². The summed E-state index contributed by atoms with van der Waals surface area (Å²) in [7, 11) is 1.62. The molecule has 0 saturated carbocycles. The first-order valence-corrected chi connectivity index (χ1v) is 5.11. The molecule has 0 spiro atoms. The average Bonchev–Trinajstić information content (AvgIpc) is 2.73. The van der Waals surface area contributed by atoms with Gasteiger partial charge in [0.2, 0.25) is 0 Å². The van der Waals surface area contributed by atoms with Crippen molar-refractivity contribution in [2.45, 2.75) is 13.3 Å². The number of Topliss-reactive ketones (excluding diaryl/α,β-unsaturated/α-hetero) is 1. The zero-order valence-corrected chi connectivity index (χ0v) is 9.50. The predicted molar refractivity (Wildman–Crippen MR) is 59.6 cm³/mol. The van der Waals surface area contributed by atoms with Gasteiger partial charge in [0, 0.05) is 32.0 Å². The Bertz CT molecular complexity index is 371. The van der Waals surface area contributed by atoms with Crippen LogP contribution in [0.3, 0.4) is 0 Å². The molecule has 0 aliphatic heterocycles. The molecule has 1 heterocycles. The number of aromatic amines is 1. The highest BCUT2D eigenvalue weighted by molar-refractivity contribution is 5.98. The number of carbonyl (C=O) groups excluding carboxylic acids is 2. The van der Waals surface area contributed by atoms with E-state index in [2.05, 4.69) is 10.3 Å². The molecule has 0 fully saturated rings. The molecule has 1 rings (SSSR count). The summed E-state index contributed by atoms with van der Waals surface area (Å²) in [5.41, 5.74) is 0.921. The molecular weight excluding hydrogens is 208 g/mol. The molecule has 1 amide bonds. The molecule has 5 heteroatoms. The number of hydrogen-bond donors (Lipinski definition) is 2. The van der Waals surface area contributed by atoms with E-state index < -0.39 is 0 Å². The van der Waals surface area contributed by atoms with Gasteiger partial charge in [-0.3, -0.25) is 9.59 Å². The Morgan fingerprint density at radius 2 is 2.25 bits per heavy atom. The Balaban J connectivity index is 2.43. The number of amides is 1. The minimum Gasteiger partial charge on any atom is -0.385 e. The Hall–Kier alpha value is -1.62. The number of rotatable bonds is 6. The fourth-order valence-corrected chi connectivity index (χ4v) is 1.24. The van der Waals surface area contributed by atoms with Crippen molar-refractivity contribution in [1.29, 1.82) is 0 Å². The molecule has 0 aliphatic rings. The zero-order chi connectivity index (χ0) is 12.0. The second-order valence-corrected chi connectivity index (χ2v) is 3.46. The smallest absolute Gasteiger partial charge is 0.267 e. The lowest BCUT2D eigenvalue weighted by Crippen LogP contribution is -2.25. The first kappa shape index (κ1) is 12.4. The molecule has 0 unspecified atom stereocenters. The summed E-state index contributed by atoms with van der Waals surface area (Å²) < 4.78 is 4.86. The van der Waals surface area contributed by atoms with Crippen molar-refractivity contribution in [2.75, 3.05) is 20.3 Å². The van der Waals surface area contributed by atoms with E-state index in [0.29, 0.717) is 24.4 Å². The van der Waals surface area contributed by atoms with Gasteiger partial charge >= 0.3 is 0 Å². The summed E-state index contributed by atoms with van der Waals surface area (Å²) in [6, 6.07) is 1.55. The summed E-state index contributed by atoms with van der Waals surface area (Å²) in [5, 5.41) is 2.72. The molecule has 0 atom stereocenters. The quantitative estimate of drug-likeness (QED) is 0.559. The fraction of sp³-hybridized carbons (Fsp3) is 0.455. The van der Waals surface area contributed by atoms with Crippen molar-refractivity contribution in [2.24, 2.45) is 0 Å². The van der Waals surface area contributed by atoms with Crippen LogP contribution in [-0.2, 0) is 4.74 Å². The first-order chi connectivity index (χ1) is 7.65. The summed E-state index contributed by atoms with van der Waals surface area (Å²) in [4.78, 5) is 25.3. The van der Waals surface area contributed by atoms with Crippen LogP contribution in [0.1, 0.15) is 34.2 Å². The maximum Gasteiger partial charge on any atom is 0.267 e. The van der Waals surface area contributed by atoms with Crippen LogP contribution >= 0.6 is 0 Å². The topological polar surface area (TPSA) is 71.2 Å². The van der Waals surface area contributed by atoms with Crippen molar-refractivity contribution in [3.05, 3.63) is 23.5 Å². The van der Waals surface area contributed by atoms with Gasteiger partial charge in [-0.2, -0.15) is 0 Å². The van der Waals surface area contributed by atoms with E-state index in [-0.39, 0.29) is 11.7 Å². The van der Waals surface area contributed by atoms with Crippen LogP contribution in [0, 0.1) is 0 Å². The summed E-state index contributed by atoms with van der Waals surface area (Å²) in [6.45, 7) is 2.63. The average molecular weight is 224 g/mol. The monoisotopic (exact) mass is 224 g/mol. The Kier molecular flexibility index (Phi) is 4.72. The number of aromatic nitrogens is 1. The molecule has 0 radical (unpaired) electrons. The lowest BCUT2D eigenvalue weighted by atomic mass is 10.2. The van der Waals surface area contributed by atoms with Crippen LogP contribution < -0.4 is 5.32 Å². The van der Waals surface area contributed by atoms with E-state index in [1.807, 2.05) is 0 Å². The summed E-state index contributed by atoms with van der Waals surface area (Å²) >= 11 is 0. The highest BCUT2D eigenvalue weighted by Crippen LogP contribution is 2.03. The van der Waals surface area contributed by atoms with Gasteiger partial charge in [-0.15, -0.1) is 0 Å². The Morgan fingerprint density at radius 3 is 2.81 bits per heavy atom. The maximum absolute atomic E-state index is 11.5. The molecule has 0 aromatic carbocycles. The highest BCUT2D eigenvalue weighted by Gasteiger charge is 2.09. The lowest BCUT2D eigenvalue weighted by molar-refractivity contribution is 0.0944. The number of ketones is 1. The van der Waals surface area contributed by atoms with Crippen LogP contribution in [0.15, 0.2) is 12.3 Å². The minimum atomic E-state index is -0.205. The SMILES string of the molecule is COCCCNC(=O)c1cc(C(C)=O)c[nH]1. The van der Waals surface area contributed by atoms with Crippen LogP contribution in [-0.4, -0.2) is 36.9 Å². The molecule has 2 N–H and O–H groups in total. The van der Waals surface area contributed by atoms with Crippen molar-refractivity contribution in [1.82, 2.24) is 10.3 Å². The van der Waals surface area contributed by atoms with Crippen molar-refractivity contribution in [3.8, 4) is 0 Å². The van der Waals surface area contributed by atoms with Gasteiger partial charge in [-0.1, -0.05) is 0 Å². The first-order valence-electron chi connectivity index (χ1n) is 5.11. The lowest BCUT2D eigenvalue weighted by Gasteiger charge is -2.02. The molecule has 5 nitrogen and oxygen atoms in total. The molecule has 0 saturated heterocycles. The van der Waals surface area contributed by atoms with Crippen molar-refractivity contribution < 1.29 is 14.3 Å². The number of ether oxygens (including phenoxy) is 1. The van der Waals surface area contributed by atoms with Gasteiger partial charge in [0.1, 0.15) is 5.69 Å². The predicted octanol–water partition coefficient (Wildman–Crippen LogP) is 0.984. The summed E-state index contributed by atoms with van der Waals surface area (Å²) in [5.74, 6) is -0.265. The number of hydrogen-bond acceptors (Lipinski definition) is 3. The second-order valence-electron chi connectivity index (χ2n) is 3.46. The largest absolute Gasteiger partial charge is 0.385 e. The van der Waals surface area contributed by atoms with Gasteiger partial charge in [-0.25, -0.2) is 0 Å². The van der Waals surface area contributed by atoms with Gasteiger partial charge in [0.15, 0.2) is 5.78 Å². The fourth-order valence-electron chi connectivity index (χ4n) is 1.24. The molecule has 88 valence electrons. The molecular formula is C11H16N2O3. The third kappa shape index (κ3) is 3.51. The van der Waals surface area contributed by atoms with E-state index in [9.17, 15) is 9.59 Å². The Labute approximate surface area is 94.2 Å². The molecule has 0 bridgehead atoms. The van der Waals surface area contributed by atoms with E-state index in [4.69, 9.17) is 4.74 Å². The number of nitrogens with one attached hydrogen (secondary N) is 2. The third-order valence-electron chi connectivity index (χ3n) is 2.14. The van der Waals surface area contributed by atoms with Gasteiger partial charge in [-0.05, 0) is 19.4 Å². The van der Waals surface area contributed by atoms with E-state index >= 15 is 0 Å². The molecule has 1 aromatic heterocycles. The maximum atomic E-state index is 11.5. The molecule has 1 aromatic rings. The van der Waals surface area contributed by atoms with Gasteiger partial charge in [0.25, 0.3) is 5.91 Å². The van der Waals surface area contributed by atoms with Crippen LogP contribution in [0.2, 0.25) is 0 Å². The van der Waals surface area contributed by atoms with E-state index in [1.54, 1.807) is 13.2 Å². The number of carbonyl (C=O) groups is 2.